The van der Waals surface area contributed by atoms with Crippen LogP contribution in [0.4, 0.5) is 0 Å². The van der Waals surface area contributed by atoms with E-state index in [0.29, 0.717) is 13.2 Å². The highest BCUT2D eigenvalue weighted by Gasteiger charge is 2.44. The van der Waals surface area contributed by atoms with E-state index in [1.165, 1.54) is 4.90 Å². The fraction of sp³-hybridized carbons (Fsp3) is 0.600. The standard InChI is InChI=1S/C30H43N7O5S/c1-20-26(43-19-33-20)22-11-9-21(10-12-22)16-32-28(40)24-15-23(38)17-37(24)29(41)27(30(2,3)4)35-25(39)18-42-14-8-6-5-7-13-34-36-31/h9-12,19,23-24,27,38H,5-8,13-18H2,1-4H3,(H,32,40)(H,35,39)/t23-,24+,27-/m1/s1. The lowest BCUT2D eigenvalue weighted by atomic mass is 9.85. The molecule has 1 aromatic heterocycles. The summed E-state index contributed by atoms with van der Waals surface area (Å²) in [6.07, 6.45) is 2.66. The third kappa shape index (κ3) is 10.3. The molecule has 12 nitrogen and oxygen atoms in total. The first-order chi connectivity index (χ1) is 20.5. The van der Waals surface area contributed by atoms with Crippen LogP contribution in [0, 0.1) is 12.3 Å². The van der Waals surface area contributed by atoms with Gasteiger partial charge < -0.3 is 25.4 Å². The lowest BCUT2D eigenvalue weighted by Gasteiger charge is -2.35. The van der Waals surface area contributed by atoms with E-state index >= 15 is 0 Å². The smallest absolute Gasteiger partial charge is 0.246 e. The summed E-state index contributed by atoms with van der Waals surface area (Å²) in [6.45, 7) is 8.46. The molecule has 13 heteroatoms. The van der Waals surface area contributed by atoms with Gasteiger partial charge >= 0.3 is 0 Å². The molecule has 1 aromatic carbocycles. The molecule has 1 aliphatic rings. The van der Waals surface area contributed by atoms with Gasteiger partial charge in [-0.3, -0.25) is 14.4 Å². The van der Waals surface area contributed by atoms with E-state index in [1.807, 2.05) is 57.5 Å². The van der Waals surface area contributed by atoms with Gasteiger partial charge in [0.25, 0.3) is 0 Å². The van der Waals surface area contributed by atoms with Crippen molar-refractivity contribution in [1.29, 1.82) is 0 Å². The summed E-state index contributed by atoms with van der Waals surface area (Å²) in [5, 5.41) is 19.6. The Morgan fingerprint density at radius 1 is 1.21 bits per heavy atom. The highest BCUT2D eigenvalue weighted by atomic mass is 32.1. The number of carbonyl (C=O) groups is 3. The number of unbranched alkanes of at least 4 members (excludes halogenated alkanes) is 3. The zero-order valence-corrected chi connectivity index (χ0v) is 26.2. The molecule has 3 atom stereocenters. The lowest BCUT2D eigenvalue weighted by Crippen LogP contribution is -2.58. The molecule has 2 aromatic rings. The summed E-state index contributed by atoms with van der Waals surface area (Å²) in [5.41, 5.74) is 12.4. The normalized spacial score (nSPS) is 17.3. The number of azide groups is 1. The number of β-amino-alcohol motifs (C(OH)–C–C–N with tert-alkyl or cyclic N) is 1. The van der Waals surface area contributed by atoms with Crippen LogP contribution in [0.2, 0.25) is 0 Å². The number of hydrogen-bond acceptors (Lipinski definition) is 8. The second-order valence-electron chi connectivity index (χ2n) is 11.9. The third-order valence-corrected chi connectivity index (χ3v) is 8.28. The monoisotopic (exact) mass is 613 g/mol. The molecule has 3 rings (SSSR count). The zero-order chi connectivity index (χ0) is 31.4. The molecule has 234 valence electrons. The summed E-state index contributed by atoms with van der Waals surface area (Å²) in [7, 11) is 0. The van der Waals surface area contributed by atoms with Crippen LogP contribution in [-0.2, 0) is 25.7 Å². The van der Waals surface area contributed by atoms with Gasteiger partial charge in [-0.05, 0) is 41.8 Å². The molecule has 43 heavy (non-hydrogen) atoms. The van der Waals surface area contributed by atoms with Gasteiger partial charge in [0.15, 0.2) is 0 Å². The minimum absolute atomic E-state index is 0.0123. The second kappa shape index (κ2) is 16.4. The average Bonchev–Trinajstić information content (AvgIpc) is 3.58. The number of aliphatic hydroxyl groups excluding tert-OH is 1. The Bertz CT molecular complexity index is 1270. The van der Waals surface area contributed by atoms with Crippen molar-refractivity contribution in [3.63, 3.8) is 0 Å². The number of ether oxygens (including phenoxy) is 1. The fourth-order valence-corrected chi connectivity index (χ4v) is 5.74. The predicted molar refractivity (Wildman–Crippen MR) is 165 cm³/mol. The molecular formula is C30H43N7O5S. The van der Waals surface area contributed by atoms with Crippen molar-refractivity contribution in [2.75, 3.05) is 26.3 Å². The molecule has 2 heterocycles. The van der Waals surface area contributed by atoms with E-state index in [4.69, 9.17) is 10.3 Å². The Kier molecular flexibility index (Phi) is 12.9. The van der Waals surface area contributed by atoms with Gasteiger partial charge in [0.2, 0.25) is 17.7 Å². The van der Waals surface area contributed by atoms with Gasteiger partial charge in [-0.2, -0.15) is 0 Å². The van der Waals surface area contributed by atoms with Gasteiger partial charge in [-0.1, -0.05) is 63.0 Å². The molecule has 0 aliphatic carbocycles. The first kappa shape index (κ1) is 34.0. The molecule has 0 saturated carbocycles. The molecular weight excluding hydrogens is 570 g/mol. The number of benzene rings is 1. The van der Waals surface area contributed by atoms with E-state index in [9.17, 15) is 19.5 Å². The van der Waals surface area contributed by atoms with Gasteiger partial charge in [0, 0.05) is 37.6 Å². The number of aliphatic hydroxyl groups is 1. The van der Waals surface area contributed by atoms with Crippen LogP contribution in [0.15, 0.2) is 34.9 Å². The predicted octanol–water partition coefficient (Wildman–Crippen LogP) is 4.11. The average molecular weight is 614 g/mol. The minimum Gasteiger partial charge on any atom is -0.391 e. The maximum atomic E-state index is 13.7. The molecule has 0 spiro atoms. The molecule has 1 fully saturated rings. The van der Waals surface area contributed by atoms with Gasteiger partial charge in [0.05, 0.1) is 22.2 Å². The van der Waals surface area contributed by atoms with Crippen LogP contribution in [0.25, 0.3) is 20.9 Å². The largest absolute Gasteiger partial charge is 0.391 e. The fourth-order valence-electron chi connectivity index (χ4n) is 4.93. The highest BCUT2D eigenvalue weighted by molar-refractivity contribution is 7.13. The number of nitrogens with zero attached hydrogens (tertiary/aromatic N) is 5. The Morgan fingerprint density at radius 2 is 1.93 bits per heavy atom. The second-order valence-corrected chi connectivity index (χ2v) is 12.7. The number of aromatic nitrogens is 1. The van der Waals surface area contributed by atoms with Crippen molar-refractivity contribution in [3.05, 3.63) is 51.5 Å². The van der Waals surface area contributed by atoms with Crippen LogP contribution in [0.5, 0.6) is 0 Å². The van der Waals surface area contributed by atoms with Gasteiger partial charge in [-0.25, -0.2) is 4.98 Å². The summed E-state index contributed by atoms with van der Waals surface area (Å²) < 4.78 is 5.50. The molecule has 3 N–H and O–H groups in total. The van der Waals surface area contributed by atoms with Crippen molar-refractivity contribution in [3.8, 4) is 10.4 Å². The number of carbonyl (C=O) groups excluding carboxylic acids is 3. The van der Waals surface area contributed by atoms with E-state index in [2.05, 4.69) is 25.6 Å². The molecule has 0 bridgehead atoms. The highest BCUT2D eigenvalue weighted by Crippen LogP contribution is 2.28. The Labute approximate surface area is 256 Å². The van der Waals surface area contributed by atoms with E-state index in [0.717, 1.165) is 47.4 Å². The SMILES string of the molecule is Cc1ncsc1-c1ccc(CNC(=O)[C@@H]2C[C@@H](O)CN2C(=O)[C@@H](NC(=O)COCCCCCCN=[N+]=[N-])C(C)(C)C)cc1. The Balaban J connectivity index is 1.53. The molecule has 3 amide bonds. The number of nitrogens with one attached hydrogen (secondary N) is 2. The van der Waals surface area contributed by atoms with E-state index in [1.54, 1.807) is 11.3 Å². The summed E-state index contributed by atoms with van der Waals surface area (Å²) in [4.78, 5) is 49.1. The number of hydrogen-bond donors (Lipinski definition) is 3. The molecule has 0 unspecified atom stereocenters. The number of thiazole rings is 1. The Morgan fingerprint density at radius 3 is 2.58 bits per heavy atom. The van der Waals surface area contributed by atoms with E-state index in [-0.39, 0.29) is 32.0 Å². The number of amides is 3. The number of likely N-dealkylation sites (tertiary alicyclic amines) is 1. The Hall–Kier alpha value is -3.51. The van der Waals surface area contributed by atoms with E-state index < -0.39 is 35.4 Å². The van der Waals surface area contributed by atoms with Crippen LogP contribution in [0.3, 0.4) is 0 Å². The van der Waals surface area contributed by atoms with Crippen molar-refractivity contribution >= 4 is 29.1 Å². The summed E-state index contributed by atoms with van der Waals surface area (Å²) in [5.74, 6) is -1.19. The quantitative estimate of drug-likeness (QED) is 0.118. The third-order valence-electron chi connectivity index (χ3n) is 7.30. The molecule has 1 aliphatic heterocycles. The van der Waals surface area contributed by atoms with Crippen LogP contribution >= 0.6 is 11.3 Å². The maximum absolute atomic E-state index is 13.7. The van der Waals surface area contributed by atoms with Gasteiger partial charge in [-0.15, -0.1) is 11.3 Å². The lowest BCUT2D eigenvalue weighted by molar-refractivity contribution is -0.144. The summed E-state index contributed by atoms with van der Waals surface area (Å²) in [6, 6.07) is 6.12. The topological polar surface area (TPSA) is 170 Å². The minimum atomic E-state index is -0.910. The van der Waals surface area contributed by atoms with Crippen LogP contribution in [-0.4, -0.2) is 77.2 Å². The van der Waals surface area contributed by atoms with Crippen molar-refractivity contribution in [2.24, 2.45) is 10.5 Å². The van der Waals surface area contributed by atoms with Crippen molar-refractivity contribution < 1.29 is 24.2 Å². The van der Waals surface area contributed by atoms with Crippen LogP contribution in [0.1, 0.15) is 64.1 Å². The summed E-state index contributed by atoms with van der Waals surface area (Å²) >= 11 is 1.58. The first-order valence-electron chi connectivity index (χ1n) is 14.6. The molecule has 1 saturated heterocycles. The molecule has 0 radical (unpaired) electrons. The van der Waals surface area contributed by atoms with Crippen LogP contribution < -0.4 is 10.6 Å². The number of aryl methyl sites for hydroxylation is 1. The maximum Gasteiger partial charge on any atom is 0.246 e. The van der Waals surface area contributed by atoms with Gasteiger partial charge in [0.1, 0.15) is 18.7 Å². The first-order valence-corrected chi connectivity index (χ1v) is 15.5. The zero-order valence-electron chi connectivity index (χ0n) is 25.4. The number of rotatable bonds is 15. The van der Waals surface area contributed by atoms with Crippen molar-refractivity contribution in [2.45, 2.75) is 84.5 Å². The van der Waals surface area contributed by atoms with Crippen molar-refractivity contribution in [1.82, 2.24) is 20.5 Å².